The molecule has 3 heterocycles. The number of hydrogen-bond acceptors (Lipinski definition) is 4. The molecule has 1 aromatic carbocycles. The van der Waals surface area contributed by atoms with Gasteiger partial charge in [-0.25, -0.2) is 9.50 Å². The number of hydrogen-bond donors (Lipinski definition) is 1. The van der Waals surface area contributed by atoms with Gasteiger partial charge in [-0.2, -0.15) is 18.3 Å². The SMILES string of the molecule is O=C(Nc1ccccc1)c1nn2c(C(F)(F)F)cc(-c3cccs3)nc2c1Cl. The van der Waals surface area contributed by atoms with E-state index in [-0.39, 0.29) is 22.1 Å². The third-order valence-corrected chi connectivity index (χ3v) is 5.08. The lowest BCUT2D eigenvalue weighted by Gasteiger charge is -2.10. The van der Waals surface area contributed by atoms with E-state index >= 15 is 0 Å². The van der Waals surface area contributed by atoms with Crippen molar-refractivity contribution >= 4 is 40.2 Å². The van der Waals surface area contributed by atoms with Gasteiger partial charge in [0.2, 0.25) is 0 Å². The van der Waals surface area contributed by atoms with E-state index < -0.39 is 17.8 Å². The number of nitrogens with zero attached hydrogens (tertiary/aromatic N) is 3. The van der Waals surface area contributed by atoms with Gasteiger partial charge in [0.1, 0.15) is 5.02 Å². The minimum absolute atomic E-state index is 0.103. The van der Waals surface area contributed by atoms with Gasteiger partial charge in [-0.1, -0.05) is 35.9 Å². The molecule has 0 saturated heterocycles. The maximum Gasteiger partial charge on any atom is 0.433 e. The van der Waals surface area contributed by atoms with Crippen LogP contribution in [0.2, 0.25) is 5.02 Å². The molecule has 0 aliphatic heterocycles. The van der Waals surface area contributed by atoms with Crippen LogP contribution < -0.4 is 5.32 Å². The highest BCUT2D eigenvalue weighted by molar-refractivity contribution is 7.13. The Hall–Kier alpha value is -2.91. The Kier molecular flexibility index (Phi) is 4.56. The highest BCUT2D eigenvalue weighted by Crippen LogP contribution is 2.35. The van der Waals surface area contributed by atoms with Crippen LogP contribution in [0.15, 0.2) is 53.9 Å². The number of thiophene rings is 1. The fourth-order valence-electron chi connectivity index (χ4n) is 2.60. The molecule has 5 nitrogen and oxygen atoms in total. The van der Waals surface area contributed by atoms with Crippen molar-refractivity contribution in [1.82, 2.24) is 14.6 Å². The highest BCUT2D eigenvalue weighted by atomic mass is 35.5. The van der Waals surface area contributed by atoms with Crippen molar-refractivity contribution in [3.63, 3.8) is 0 Å². The predicted octanol–water partition coefficient (Wildman–Crippen LogP) is 5.38. The lowest BCUT2D eigenvalue weighted by atomic mass is 10.2. The van der Waals surface area contributed by atoms with E-state index in [9.17, 15) is 18.0 Å². The van der Waals surface area contributed by atoms with E-state index in [4.69, 9.17) is 11.6 Å². The molecule has 0 radical (unpaired) electrons. The zero-order valence-corrected chi connectivity index (χ0v) is 15.4. The van der Waals surface area contributed by atoms with Gasteiger partial charge < -0.3 is 5.32 Å². The number of amides is 1. The first-order chi connectivity index (χ1) is 13.3. The molecule has 3 aromatic heterocycles. The number of aromatic nitrogens is 3. The highest BCUT2D eigenvalue weighted by Gasteiger charge is 2.36. The Labute approximate surface area is 165 Å². The predicted molar refractivity (Wildman–Crippen MR) is 101 cm³/mol. The van der Waals surface area contributed by atoms with Crippen LogP contribution in [-0.4, -0.2) is 20.5 Å². The molecule has 0 aliphatic carbocycles. The van der Waals surface area contributed by atoms with E-state index in [1.54, 1.807) is 47.8 Å². The molecule has 10 heteroatoms. The Morgan fingerprint density at radius 3 is 2.54 bits per heavy atom. The van der Waals surface area contributed by atoms with Gasteiger partial charge in [-0.15, -0.1) is 11.3 Å². The average Bonchev–Trinajstić information content (AvgIpc) is 3.30. The molecule has 1 amide bonds. The molecule has 28 heavy (non-hydrogen) atoms. The van der Waals surface area contributed by atoms with Crippen LogP contribution in [0.3, 0.4) is 0 Å². The first kappa shape index (κ1) is 18.5. The van der Waals surface area contributed by atoms with E-state index in [0.29, 0.717) is 15.1 Å². The largest absolute Gasteiger partial charge is 0.433 e. The fourth-order valence-corrected chi connectivity index (χ4v) is 3.53. The van der Waals surface area contributed by atoms with Crippen LogP contribution in [0.5, 0.6) is 0 Å². The summed E-state index contributed by atoms with van der Waals surface area (Å²) in [6.07, 6.45) is -4.71. The number of halogens is 4. The third kappa shape index (κ3) is 3.34. The molecular formula is C18H10ClF3N4OS. The van der Waals surface area contributed by atoms with Gasteiger partial charge in [0.25, 0.3) is 5.91 Å². The van der Waals surface area contributed by atoms with Crippen molar-refractivity contribution in [3.8, 4) is 10.6 Å². The number of para-hydroxylation sites is 1. The summed E-state index contributed by atoms with van der Waals surface area (Å²) in [5.41, 5.74) is -1.08. The molecule has 0 bridgehead atoms. The van der Waals surface area contributed by atoms with E-state index in [1.807, 2.05) is 0 Å². The molecule has 0 atom stereocenters. The summed E-state index contributed by atoms with van der Waals surface area (Å²) in [6, 6.07) is 12.7. The Morgan fingerprint density at radius 1 is 1.14 bits per heavy atom. The number of carbonyl (C=O) groups is 1. The summed E-state index contributed by atoms with van der Waals surface area (Å²) in [4.78, 5) is 17.2. The normalized spacial score (nSPS) is 11.7. The molecule has 0 unspecified atom stereocenters. The number of anilines is 1. The number of fused-ring (bicyclic) bond motifs is 1. The van der Waals surface area contributed by atoms with Gasteiger partial charge in [-0.3, -0.25) is 4.79 Å². The number of benzene rings is 1. The minimum atomic E-state index is -4.71. The maximum absolute atomic E-state index is 13.6. The van der Waals surface area contributed by atoms with Gasteiger partial charge in [0, 0.05) is 5.69 Å². The van der Waals surface area contributed by atoms with Crippen molar-refractivity contribution in [1.29, 1.82) is 0 Å². The van der Waals surface area contributed by atoms with Crippen LogP contribution in [0.1, 0.15) is 16.2 Å². The van der Waals surface area contributed by atoms with Crippen LogP contribution >= 0.6 is 22.9 Å². The number of carbonyl (C=O) groups excluding carboxylic acids is 1. The smallest absolute Gasteiger partial charge is 0.321 e. The second-order valence-electron chi connectivity index (χ2n) is 5.72. The van der Waals surface area contributed by atoms with E-state index in [1.165, 1.54) is 11.3 Å². The van der Waals surface area contributed by atoms with Crippen LogP contribution in [-0.2, 0) is 6.18 Å². The monoisotopic (exact) mass is 422 g/mol. The first-order valence-electron chi connectivity index (χ1n) is 7.91. The Bertz CT molecular complexity index is 1160. The summed E-state index contributed by atoms with van der Waals surface area (Å²) in [7, 11) is 0. The van der Waals surface area contributed by atoms with Crippen LogP contribution in [0, 0.1) is 0 Å². The van der Waals surface area contributed by atoms with Crippen LogP contribution in [0.25, 0.3) is 16.2 Å². The summed E-state index contributed by atoms with van der Waals surface area (Å²) < 4.78 is 41.4. The van der Waals surface area contributed by atoms with Crippen molar-refractivity contribution in [2.24, 2.45) is 0 Å². The van der Waals surface area contributed by atoms with Crippen molar-refractivity contribution in [2.45, 2.75) is 6.18 Å². The number of nitrogens with one attached hydrogen (secondary N) is 1. The second kappa shape index (κ2) is 6.92. The zero-order chi connectivity index (χ0) is 19.9. The number of rotatable bonds is 3. The Morgan fingerprint density at radius 2 is 1.89 bits per heavy atom. The molecule has 0 spiro atoms. The first-order valence-corrected chi connectivity index (χ1v) is 9.17. The second-order valence-corrected chi connectivity index (χ2v) is 7.05. The fraction of sp³-hybridized carbons (Fsp3) is 0.0556. The van der Waals surface area contributed by atoms with Gasteiger partial charge in [0.05, 0.1) is 10.6 Å². The lowest BCUT2D eigenvalue weighted by molar-refractivity contribution is -0.142. The molecule has 0 aliphatic rings. The van der Waals surface area contributed by atoms with Crippen molar-refractivity contribution < 1.29 is 18.0 Å². The summed E-state index contributed by atoms with van der Waals surface area (Å²) in [5, 5.41) is 7.82. The molecule has 4 rings (SSSR count). The van der Waals surface area contributed by atoms with E-state index in [2.05, 4.69) is 15.4 Å². The zero-order valence-electron chi connectivity index (χ0n) is 13.9. The molecule has 0 saturated carbocycles. The third-order valence-electron chi connectivity index (χ3n) is 3.84. The lowest BCUT2D eigenvalue weighted by Crippen LogP contribution is -2.15. The van der Waals surface area contributed by atoms with Crippen molar-refractivity contribution in [3.05, 3.63) is 70.3 Å². The van der Waals surface area contributed by atoms with Gasteiger partial charge in [-0.05, 0) is 29.6 Å². The Balaban J connectivity index is 1.86. The van der Waals surface area contributed by atoms with E-state index in [0.717, 1.165) is 6.07 Å². The van der Waals surface area contributed by atoms with Gasteiger partial charge >= 0.3 is 6.18 Å². The summed E-state index contributed by atoms with van der Waals surface area (Å²) >= 11 is 7.45. The van der Waals surface area contributed by atoms with Gasteiger partial charge in [0.15, 0.2) is 17.0 Å². The van der Waals surface area contributed by atoms with Crippen LogP contribution in [0.4, 0.5) is 18.9 Å². The average molecular weight is 423 g/mol. The standard InChI is InChI=1S/C18H10ClF3N4OS/c19-14-15(17(27)23-10-5-2-1-3-6-10)25-26-13(18(20,21)22)9-11(24-16(14)26)12-7-4-8-28-12/h1-9H,(H,23,27). The molecule has 142 valence electrons. The summed E-state index contributed by atoms with van der Waals surface area (Å²) in [5.74, 6) is -0.729. The maximum atomic E-state index is 13.6. The molecular weight excluding hydrogens is 413 g/mol. The quantitative estimate of drug-likeness (QED) is 0.482. The number of alkyl halides is 3. The molecule has 0 fully saturated rings. The minimum Gasteiger partial charge on any atom is -0.321 e. The van der Waals surface area contributed by atoms with Crippen molar-refractivity contribution in [2.75, 3.05) is 5.32 Å². The molecule has 4 aromatic rings. The topological polar surface area (TPSA) is 59.3 Å². The summed E-state index contributed by atoms with van der Waals surface area (Å²) in [6.45, 7) is 0. The molecule has 1 N–H and O–H groups in total.